The number of amides is 1. The van der Waals surface area contributed by atoms with Crippen molar-refractivity contribution in [3.8, 4) is 0 Å². The average Bonchev–Trinajstić information content (AvgIpc) is 2.34. The third kappa shape index (κ3) is 4.93. The number of aliphatic carboxylic acids is 1. The fraction of sp³-hybridized carbons (Fsp3) is 0.231. The SMILES string of the molecule is CC[C@H](NC(=O)/C=C/c1ccc(Cl)cc1Cl)C(=O)O. The summed E-state index contributed by atoms with van der Waals surface area (Å²) in [5.41, 5.74) is 0.629. The van der Waals surface area contributed by atoms with Gasteiger partial charge in [0.1, 0.15) is 6.04 Å². The van der Waals surface area contributed by atoms with Gasteiger partial charge >= 0.3 is 5.97 Å². The highest BCUT2D eigenvalue weighted by molar-refractivity contribution is 6.35. The highest BCUT2D eigenvalue weighted by Gasteiger charge is 2.15. The summed E-state index contributed by atoms with van der Waals surface area (Å²) in [5.74, 6) is -1.55. The maximum Gasteiger partial charge on any atom is 0.326 e. The predicted octanol–water partition coefficient (Wildman–Crippen LogP) is 2.99. The number of hydrogen-bond donors (Lipinski definition) is 2. The van der Waals surface area contributed by atoms with Crippen molar-refractivity contribution >= 4 is 41.2 Å². The van der Waals surface area contributed by atoms with Crippen molar-refractivity contribution in [1.29, 1.82) is 0 Å². The number of hydrogen-bond acceptors (Lipinski definition) is 2. The second-order valence-corrected chi connectivity index (χ2v) is 4.65. The third-order valence-corrected chi connectivity index (χ3v) is 2.96. The van der Waals surface area contributed by atoms with Gasteiger partial charge < -0.3 is 10.4 Å². The van der Waals surface area contributed by atoms with Crippen molar-refractivity contribution in [3.63, 3.8) is 0 Å². The van der Waals surface area contributed by atoms with E-state index in [1.165, 1.54) is 12.2 Å². The molecule has 6 heteroatoms. The summed E-state index contributed by atoms with van der Waals surface area (Å²) in [7, 11) is 0. The van der Waals surface area contributed by atoms with Gasteiger partial charge in [0.05, 0.1) is 0 Å². The van der Waals surface area contributed by atoms with Gasteiger partial charge in [0.25, 0.3) is 0 Å². The Morgan fingerprint density at radius 2 is 2.11 bits per heavy atom. The summed E-state index contributed by atoms with van der Waals surface area (Å²) in [4.78, 5) is 22.3. The maximum absolute atomic E-state index is 11.5. The second kappa shape index (κ2) is 7.16. The monoisotopic (exact) mass is 301 g/mol. The molecular weight excluding hydrogens is 289 g/mol. The van der Waals surface area contributed by atoms with Crippen molar-refractivity contribution in [2.45, 2.75) is 19.4 Å². The molecule has 1 aromatic carbocycles. The molecule has 1 amide bonds. The first-order valence-electron chi connectivity index (χ1n) is 5.60. The van der Waals surface area contributed by atoms with Crippen LogP contribution in [0.15, 0.2) is 24.3 Å². The minimum Gasteiger partial charge on any atom is -0.480 e. The van der Waals surface area contributed by atoms with E-state index in [1.807, 2.05) is 0 Å². The van der Waals surface area contributed by atoms with Crippen molar-refractivity contribution in [3.05, 3.63) is 39.9 Å². The topological polar surface area (TPSA) is 66.4 Å². The molecule has 0 unspecified atom stereocenters. The lowest BCUT2D eigenvalue weighted by Gasteiger charge is -2.09. The van der Waals surface area contributed by atoms with Crippen molar-refractivity contribution in [2.75, 3.05) is 0 Å². The zero-order chi connectivity index (χ0) is 14.4. The first-order chi connectivity index (χ1) is 8.93. The second-order valence-electron chi connectivity index (χ2n) is 3.81. The molecule has 0 bridgehead atoms. The van der Waals surface area contributed by atoms with E-state index >= 15 is 0 Å². The zero-order valence-corrected chi connectivity index (χ0v) is 11.7. The highest BCUT2D eigenvalue weighted by Crippen LogP contribution is 2.21. The van der Waals surface area contributed by atoms with E-state index in [2.05, 4.69) is 5.32 Å². The minimum absolute atomic E-state index is 0.316. The van der Waals surface area contributed by atoms with Gasteiger partial charge in [-0.25, -0.2) is 4.79 Å². The molecule has 0 fully saturated rings. The van der Waals surface area contributed by atoms with Crippen molar-refractivity contribution in [2.24, 2.45) is 0 Å². The molecule has 0 heterocycles. The number of rotatable bonds is 5. The molecule has 0 aliphatic rings. The van der Waals surface area contributed by atoms with Crippen LogP contribution in [0.5, 0.6) is 0 Å². The van der Waals surface area contributed by atoms with Gasteiger partial charge in [-0.3, -0.25) is 4.79 Å². The van der Waals surface area contributed by atoms with E-state index in [9.17, 15) is 9.59 Å². The number of carboxylic acids is 1. The van der Waals surface area contributed by atoms with Crippen LogP contribution >= 0.6 is 23.2 Å². The average molecular weight is 302 g/mol. The predicted molar refractivity (Wildman–Crippen MR) is 75.4 cm³/mol. The van der Waals surface area contributed by atoms with Crippen molar-refractivity contribution in [1.82, 2.24) is 5.32 Å². The molecule has 0 spiro atoms. The molecule has 0 aliphatic heterocycles. The van der Waals surface area contributed by atoms with Gasteiger partial charge in [0, 0.05) is 16.1 Å². The Kier molecular flexibility index (Phi) is 5.86. The number of nitrogens with one attached hydrogen (secondary N) is 1. The fourth-order valence-corrected chi connectivity index (χ4v) is 1.83. The Morgan fingerprint density at radius 1 is 1.42 bits per heavy atom. The van der Waals surface area contributed by atoms with E-state index in [0.717, 1.165) is 0 Å². The molecule has 0 aliphatic carbocycles. The van der Waals surface area contributed by atoms with Crippen LogP contribution in [0.2, 0.25) is 10.0 Å². The Balaban J connectivity index is 2.70. The smallest absolute Gasteiger partial charge is 0.326 e. The molecule has 0 saturated heterocycles. The Hall–Kier alpha value is -1.52. The number of benzene rings is 1. The van der Waals surface area contributed by atoms with E-state index in [1.54, 1.807) is 25.1 Å². The molecule has 1 rings (SSSR count). The molecule has 0 radical (unpaired) electrons. The number of carbonyl (C=O) groups excluding carboxylic acids is 1. The standard InChI is InChI=1S/C13H13Cl2NO3/c1-2-11(13(18)19)16-12(17)6-4-8-3-5-9(14)7-10(8)15/h3-7,11H,2H2,1H3,(H,16,17)(H,18,19)/b6-4+/t11-/m0/s1. The van der Waals surface area contributed by atoms with Crippen LogP contribution < -0.4 is 5.32 Å². The van der Waals surface area contributed by atoms with Gasteiger partial charge in [-0.2, -0.15) is 0 Å². The van der Waals surface area contributed by atoms with Gasteiger partial charge in [0.15, 0.2) is 0 Å². The molecule has 0 aromatic heterocycles. The van der Waals surface area contributed by atoms with E-state index in [-0.39, 0.29) is 0 Å². The first-order valence-corrected chi connectivity index (χ1v) is 6.36. The lowest BCUT2D eigenvalue weighted by molar-refractivity contribution is -0.141. The molecule has 2 N–H and O–H groups in total. The van der Waals surface area contributed by atoms with Gasteiger partial charge in [0.2, 0.25) is 5.91 Å². The number of carboxylic acid groups (broad SMARTS) is 1. The van der Waals surface area contributed by atoms with Crippen LogP contribution in [0.25, 0.3) is 6.08 Å². The fourth-order valence-electron chi connectivity index (χ4n) is 1.36. The molecule has 0 saturated carbocycles. The number of halogens is 2. The van der Waals surface area contributed by atoms with Gasteiger partial charge in [-0.1, -0.05) is 36.2 Å². The largest absolute Gasteiger partial charge is 0.480 e. The molecular formula is C13H13Cl2NO3. The highest BCUT2D eigenvalue weighted by atomic mass is 35.5. The Morgan fingerprint density at radius 3 is 2.63 bits per heavy atom. The molecule has 19 heavy (non-hydrogen) atoms. The van der Waals surface area contributed by atoms with Crippen molar-refractivity contribution < 1.29 is 14.7 Å². The summed E-state index contributed by atoms with van der Waals surface area (Å²) in [6, 6.07) is 3.99. The lowest BCUT2D eigenvalue weighted by atomic mass is 10.2. The van der Waals surface area contributed by atoms with Crippen LogP contribution in [0.4, 0.5) is 0 Å². The lowest BCUT2D eigenvalue weighted by Crippen LogP contribution is -2.39. The molecule has 4 nitrogen and oxygen atoms in total. The molecule has 1 atom stereocenters. The van der Waals surface area contributed by atoms with Crippen LogP contribution in [0.1, 0.15) is 18.9 Å². The maximum atomic E-state index is 11.5. The molecule has 102 valence electrons. The normalized spacial score (nSPS) is 12.4. The Labute approximate surface area is 121 Å². The summed E-state index contributed by atoms with van der Waals surface area (Å²) in [6.07, 6.45) is 3.06. The minimum atomic E-state index is -1.06. The summed E-state index contributed by atoms with van der Waals surface area (Å²) in [5, 5.41) is 12.1. The summed E-state index contributed by atoms with van der Waals surface area (Å²) < 4.78 is 0. The summed E-state index contributed by atoms with van der Waals surface area (Å²) >= 11 is 11.7. The zero-order valence-electron chi connectivity index (χ0n) is 10.2. The number of carbonyl (C=O) groups is 2. The first kappa shape index (κ1) is 15.5. The molecule has 1 aromatic rings. The Bertz CT molecular complexity index is 515. The van der Waals surface area contributed by atoms with Crippen LogP contribution in [-0.4, -0.2) is 23.0 Å². The van der Waals surface area contributed by atoms with Crippen LogP contribution in [0.3, 0.4) is 0 Å². The van der Waals surface area contributed by atoms with Crippen LogP contribution in [-0.2, 0) is 9.59 Å². The van der Waals surface area contributed by atoms with E-state index < -0.39 is 17.9 Å². The van der Waals surface area contributed by atoms with Crippen LogP contribution in [0, 0.1) is 0 Å². The van der Waals surface area contributed by atoms with E-state index in [4.69, 9.17) is 28.3 Å². The summed E-state index contributed by atoms with van der Waals surface area (Å²) in [6.45, 7) is 1.68. The van der Waals surface area contributed by atoms with E-state index in [0.29, 0.717) is 22.0 Å². The third-order valence-electron chi connectivity index (χ3n) is 2.40. The van der Waals surface area contributed by atoms with Gasteiger partial charge in [-0.05, 0) is 30.2 Å². The van der Waals surface area contributed by atoms with Gasteiger partial charge in [-0.15, -0.1) is 0 Å². The quantitative estimate of drug-likeness (QED) is 0.822.